The third-order valence-corrected chi connectivity index (χ3v) is 3.68. The van der Waals surface area contributed by atoms with Crippen LogP contribution >= 0.6 is 0 Å². The summed E-state index contributed by atoms with van der Waals surface area (Å²) in [4.78, 5) is 7.14. The first-order valence-corrected chi connectivity index (χ1v) is 6.77. The Morgan fingerprint density at radius 3 is 3.00 bits per heavy atom. The lowest BCUT2D eigenvalue weighted by molar-refractivity contribution is 0.651. The summed E-state index contributed by atoms with van der Waals surface area (Å²) >= 11 is 0. The van der Waals surface area contributed by atoms with Crippen LogP contribution in [0.4, 0.5) is 0 Å². The topological polar surface area (TPSA) is 40.7 Å². The standard InChI is InChI=1S/C16H19N3/c1-12(7-13-5-3-2-4-6-13)15-8-16(15)18-10-14-9-17-11-19-14/h2-7,9,11,15-16,18H,8,10H2,1H3,(H,17,19)/b12-7+/t15-,16+/m0/s1. The van der Waals surface area contributed by atoms with Crippen LogP contribution in [0.1, 0.15) is 24.6 Å². The maximum absolute atomic E-state index is 4.02. The molecule has 3 nitrogen and oxygen atoms in total. The normalized spacial score (nSPS) is 22.5. The van der Waals surface area contributed by atoms with E-state index in [4.69, 9.17) is 0 Å². The fourth-order valence-corrected chi connectivity index (χ4v) is 2.47. The van der Waals surface area contributed by atoms with Crippen molar-refractivity contribution in [1.29, 1.82) is 0 Å². The van der Waals surface area contributed by atoms with Crippen LogP contribution in [0.5, 0.6) is 0 Å². The first kappa shape index (κ1) is 12.2. The van der Waals surface area contributed by atoms with E-state index in [-0.39, 0.29) is 0 Å². The Morgan fingerprint density at radius 1 is 1.42 bits per heavy atom. The van der Waals surface area contributed by atoms with Gasteiger partial charge in [-0.2, -0.15) is 0 Å². The van der Waals surface area contributed by atoms with Crippen LogP contribution < -0.4 is 5.32 Å². The van der Waals surface area contributed by atoms with Crippen LogP contribution in [-0.4, -0.2) is 16.0 Å². The Bertz CT molecular complexity index is 543. The Morgan fingerprint density at radius 2 is 2.26 bits per heavy atom. The molecule has 0 unspecified atom stereocenters. The van der Waals surface area contributed by atoms with Crippen LogP contribution in [0, 0.1) is 5.92 Å². The molecule has 98 valence electrons. The molecular weight excluding hydrogens is 234 g/mol. The van der Waals surface area contributed by atoms with E-state index in [0.717, 1.165) is 12.2 Å². The molecule has 1 aromatic heterocycles. The van der Waals surface area contributed by atoms with E-state index in [0.29, 0.717) is 12.0 Å². The molecule has 1 heterocycles. The monoisotopic (exact) mass is 253 g/mol. The summed E-state index contributed by atoms with van der Waals surface area (Å²) in [5, 5.41) is 3.56. The van der Waals surface area contributed by atoms with Gasteiger partial charge in [-0.15, -0.1) is 0 Å². The summed E-state index contributed by atoms with van der Waals surface area (Å²) in [5.74, 6) is 0.683. The van der Waals surface area contributed by atoms with Crippen LogP contribution in [0.2, 0.25) is 0 Å². The zero-order chi connectivity index (χ0) is 13.1. The summed E-state index contributed by atoms with van der Waals surface area (Å²) < 4.78 is 0. The van der Waals surface area contributed by atoms with Gasteiger partial charge in [0.25, 0.3) is 0 Å². The highest BCUT2D eigenvalue weighted by Gasteiger charge is 2.37. The molecule has 0 radical (unpaired) electrons. The van der Waals surface area contributed by atoms with Crippen LogP contribution in [-0.2, 0) is 6.54 Å². The highest BCUT2D eigenvalue weighted by Crippen LogP contribution is 2.38. The summed E-state index contributed by atoms with van der Waals surface area (Å²) in [7, 11) is 0. The average Bonchev–Trinajstić information content (AvgIpc) is 3.03. The molecule has 3 rings (SSSR count). The predicted molar refractivity (Wildman–Crippen MR) is 77.4 cm³/mol. The molecule has 2 atom stereocenters. The number of rotatable bonds is 5. The number of hydrogen-bond acceptors (Lipinski definition) is 2. The van der Waals surface area contributed by atoms with Crippen LogP contribution in [0.15, 0.2) is 48.4 Å². The molecule has 1 fully saturated rings. The Hall–Kier alpha value is -1.87. The van der Waals surface area contributed by atoms with Crippen molar-refractivity contribution in [3.63, 3.8) is 0 Å². The van der Waals surface area contributed by atoms with Crippen molar-refractivity contribution in [1.82, 2.24) is 15.3 Å². The number of aromatic amines is 1. The zero-order valence-electron chi connectivity index (χ0n) is 11.1. The van der Waals surface area contributed by atoms with Crippen molar-refractivity contribution in [2.45, 2.75) is 25.9 Å². The van der Waals surface area contributed by atoms with Gasteiger partial charge in [0.1, 0.15) is 0 Å². The lowest BCUT2D eigenvalue weighted by Crippen LogP contribution is -2.18. The maximum Gasteiger partial charge on any atom is 0.0922 e. The minimum Gasteiger partial charge on any atom is -0.347 e. The molecular formula is C16H19N3. The summed E-state index contributed by atoms with van der Waals surface area (Å²) in [5.41, 5.74) is 3.91. The van der Waals surface area contributed by atoms with E-state index in [1.165, 1.54) is 17.6 Å². The summed E-state index contributed by atoms with van der Waals surface area (Å²) in [6.07, 6.45) is 7.13. The Kier molecular flexibility index (Phi) is 3.47. The molecule has 1 saturated carbocycles. The van der Waals surface area contributed by atoms with E-state index >= 15 is 0 Å². The molecule has 0 amide bonds. The minimum absolute atomic E-state index is 0.614. The fourth-order valence-electron chi connectivity index (χ4n) is 2.47. The van der Waals surface area contributed by atoms with Gasteiger partial charge < -0.3 is 10.3 Å². The third kappa shape index (κ3) is 3.12. The lowest BCUT2D eigenvalue weighted by Gasteiger charge is -2.03. The van der Waals surface area contributed by atoms with Gasteiger partial charge in [-0.3, -0.25) is 0 Å². The number of nitrogens with one attached hydrogen (secondary N) is 2. The SMILES string of the molecule is C/C(=C\c1ccccc1)[C@@H]1C[C@H]1NCc1cnc[nH]1. The van der Waals surface area contributed by atoms with E-state index in [1.807, 2.05) is 6.20 Å². The van der Waals surface area contributed by atoms with Crippen molar-refractivity contribution in [3.05, 3.63) is 59.7 Å². The molecule has 0 bridgehead atoms. The molecule has 1 aliphatic rings. The van der Waals surface area contributed by atoms with Gasteiger partial charge in [0.2, 0.25) is 0 Å². The van der Waals surface area contributed by atoms with Gasteiger partial charge >= 0.3 is 0 Å². The van der Waals surface area contributed by atoms with Gasteiger partial charge in [0.15, 0.2) is 0 Å². The molecule has 19 heavy (non-hydrogen) atoms. The Labute approximate surface area is 113 Å². The molecule has 0 saturated heterocycles. The first-order chi connectivity index (χ1) is 9.33. The second-order valence-electron chi connectivity index (χ2n) is 5.21. The quantitative estimate of drug-likeness (QED) is 0.860. The second-order valence-corrected chi connectivity index (χ2v) is 5.21. The lowest BCUT2D eigenvalue weighted by atomic mass is 10.1. The average molecular weight is 253 g/mol. The molecule has 3 heteroatoms. The van der Waals surface area contributed by atoms with Crippen molar-refractivity contribution in [3.8, 4) is 0 Å². The van der Waals surface area contributed by atoms with Gasteiger partial charge in [-0.05, 0) is 24.8 Å². The van der Waals surface area contributed by atoms with Crippen molar-refractivity contribution in [2.75, 3.05) is 0 Å². The smallest absolute Gasteiger partial charge is 0.0922 e. The van der Waals surface area contributed by atoms with E-state index in [1.54, 1.807) is 6.33 Å². The number of imidazole rings is 1. The molecule has 2 aromatic rings. The maximum atomic E-state index is 4.02. The molecule has 2 N–H and O–H groups in total. The zero-order valence-corrected chi connectivity index (χ0v) is 11.1. The van der Waals surface area contributed by atoms with Crippen LogP contribution in [0.25, 0.3) is 6.08 Å². The largest absolute Gasteiger partial charge is 0.347 e. The van der Waals surface area contributed by atoms with Crippen molar-refractivity contribution >= 4 is 6.08 Å². The predicted octanol–water partition coefficient (Wildman–Crippen LogP) is 2.99. The van der Waals surface area contributed by atoms with Crippen LogP contribution in [0.3, 0.4) is 0 Å². The molecule has 0 spiro atoms. The second kappa shape index (κ2) is 5.41. The van der Waals surface area contributed by atoms with E-state index in [9.17, 15) is 0 Å². The van der Waals surface area contributed by atoms with Gasteiger partial charge in [0.05, 0.1) is 6.33 Å². The van der Waals surface area contributed by atoms with Crippen molar-refractivity contribution < 1.29 is 0 Å². The molecule has 1 aliphatic carbocycles. The highest BCUT2D eigenvalue weighted by molar-refractivity contribution is 5.53. The summed E-state index contributed by atoms with van der Waals surface area (Å²) in [6, 6.07) is 11.1. The number of aromatic nitrogens is 2. The summed E-state index contributed by atoms with van der Waals surface area (Å²) in [6.45, 7) is 3.11. The molecule has 0 aliphatic heterocycles. The number of H-pyrrole nitrogens is 1. The highest BCUT2D eigenvalue weighted by atomic mass is 15.0. The number of hydrogen-bond donors (Lipinski definition) is 2. The number of benzene rings is 1. The van der Waals surface area contributed by atoms with E-state index in [2.05, 4.69) is 58.6 Å². The number of nitrogens with zero attached hydrogens (tertiary/aromatic N) is 1. The minimum atomic E-state index is 0.614. The fraction of sp³-hybridized carbons (Fsp3) is 0.312. The van der Waals surface area contributed by atoms with Gasteiger partial charge in [0, 0.05) is 24.5 Å². The Balaban J connectivity index is 1.53. The van der Waals surface area contributed by atoms with E-state index < -0.39 is 0 Å². The van der Waals surface area contributed by atoms with Gasteiger partial charge in [-0.1, -0.05) is 42.0 Å². The molecule has 1 aromatic carbocycles. The van der Waals surface area contributed by atoms with Crippen molar-refractivity contribution in [2.24, 2.45) is 5.92 Å². The first-order valence-electron chi connectivity index (χ1n) is 6.77. The van der Waals surface area contributed by atoms with Gasteiger partial charge in [-0.25, -0.2) is 4.98 Å². The third-order valence-electron chi connectivity index (χ3n) is 3.68.